The van der Waals surface area contributed by atoms with Crippen molar-refractivity contribution in [1.82, 2.24) is 0 Å². The topological polar surface area (TPSA) is 69.4 Å². The highest BCUT2D eigenvalue weighted by Crippen LogP contribution is 2.36. The molecule has 1 heterocycles. The highest BCUT2D eigenvalue weighted by atomic mass is 35.5. The Morgan fingerprint density at radius 1 is 1.03 bits per heavy atom. The van der Waals surface area contributed by atoms with E-state index in [2.05, 4.69) is 34.9 Å². The van der Waals surface area contributed by atoms with Gasteiger partial charge < -0.3 is 15.4 Å². The molecule has 0 saturated heterocycles. The van der Waals surface area contributed by atoms with Crippen molar-refractivity contribution in [3.63, 3.8) is 0 Å². The van der Waals surface area contributed by atoms with E-state index >= 15 is 0 Å². The van der Waals surface area contributed by atoms with Crippen LogP contribution in [0.5, 0.6) is 11.5 Å². The maximum atomic E-state index is 9.45. The summed E-state index contributed by atoms with van der Waals surface area (Å²) in [5.74, 6) is 2.48. The smallest absolute Gasteiger partial charge is 0.127 e. The lowest BCUT2D eigenvalue weighted by Gasteiger charge is -2.36. The third-order valence-electron chi connectivity index (χ3n) is 5.98. The van der Waals surface area contributed by atoms with Gasteiger partial charge in [-0.3, -0.25) is 4.99 Å². The molecule has 0 bridgehead atoms. The minimum Gasteiger partial charge on any atom is -0.457 e. The Labute approximate surface area is 192 Å². The van der Waals surface area contributed by atoms with E-state index in [1.54, 1.807) is 0 Å². The van der Waals surface area contributed by atoms with E-state index < -0.39 is 5.54 Å². The Morgan fingerprint density at radius 2 is 1.75 bits per heavy atom. The molecule has 3 aromatic rings. The first-order chi connectivity index (χ1) is 15.6. The van der Waals surface area contributed by atoms with Crippen LogP contribution in [0.3, 0.4) is 0 Å². The molecule has 1 fully saturated rings. The van der Waals surface area contributed by atoms with Gasteiger partial charge in [0.05, 0.1) is 12.6 Å². The number of halogens is 1. The number of fused-ring (bicyclic) bond motifs is 1. The molecular formula is C26H23ClN4O. The lowest BCUT2D eigenvalue weighted by molar-refractivity contribution is 0.356. The van der Waals surface area contributed by atoms with Gasteiger partial charge in [0, 0.05) is 22.8 Å². The predicted octanol–water partition coefficient (Wildman–Crippen LogP) is 6.56. The summed E-state index contributed by atoms with van der Waals surface area (Å²) >= 11 is 5.91. The minimum absolute atomic E-state index is 0.396. The first kappa shape index (κ1) is 20.4. The van der Waals surface area contributed by atoms with Crippen molar-refractivity contribution in [1.29, 1.82) is 5.26 Å². The summed E-state index contributed by atoms with van der Waals surface area (Å²) in [5.41, 5.74) is 3.98. The van der Waals surface area contributed by atoms with Gasteiger partial charge in [-0.25, -0.2) is 0 Å². The van der Waals surface area contributed by atoms with Crippen LogP contribution >= 0.6 is 11.6 Å². The quantitative estimate of drug-likeness (QED) is 0.453. The molecule has 3 aromatic carbocycles. The van der Waals surface area contributed by atoms with Gasteiger partial charge in [0.2, 0.25) is 0 Å². The molecule has 160 valence electrons. The van der Waals surface area contributed by atoms with Crippen LogP contribution in [-0.4, -0.2) is 11.4 Å². The predicted molar refractivity (Wildman–Crippen MR) is 129 cm³/mol. The first-order valence-corrected chi connectivity index (χ1v) is 11.1. The molecule has 32 heavy (non-hydrogen) atoms. The Kier molecular flexibility index (Phi) is 5.46. The third-order valence-corrected chi connectivity index (χ3v) is 6.23. The molecule has 0 unspecified atom stereocenters. The summed E-state index contributed by atoms with van der Waals surface area (Å²) < 4.78 is 5.84. The maximum absolute atomic E-state index is 9.45. The third kappa shape index (κ3) is 4.42. The Bertz CT molecular complexity index is 1190. The van der Waals surface area contributed by atoms with E-state index in [0.29, 0.717) is 11.6 Å². The number of hydrogen-bond donors (Lipinski definition) is 2. The second-order valence-corrected chi connectivity index (χ2v) is 8.75. The van der Waals surface area contributed by atoms with Crippen molar-refractivity contribution < 1.29 is 4.74 Å². The summed E-state index contributed by atoms with van der Waals surface area (Å²) in [7, 11) is 0. The lowest BCUT2D eigenvalue weighted by Crippen LogP contribution is -2.43. The Morgan fingerprint density at radius 3 is 2.41 bits per heavy atom. The van der Waals surface area contributed by atoms with Crippen LogP contribution in [0.4, 0.5) is 11.4 Å². The van der Waals surface area contributed by atoms with Gasteiger partial charge >= 0.3 is 0 Å². The monoisotopic (exact) mass is 442 g/mol. The molecule has 0 radical (unpaired) electrons. The Balaban J connectivity index is 1.19. The first-order valence-electron chi connectivity index (χ1n) is 10.8. The number of hydrogen-bond acceptors (Lipinski definition) is 4. The van der Waals surface area contributed by atoms with Gasteiger partial charge in [0.1, 0.15) is 22.9 Å². The van der Waals surface area contributed by atoms with E-state index in [4.69, 9.17) is 21.3 Å². The Hall–Kier alpha value is -3.49. The second-order valence-electron chi connectivity index (χ2n) is 8.31. The number of nitrogens with zero attached hydrogens (tertiary/aromatic N) is 2. The zero-order chi connectivity index (χ0) is 22.0. The van der Waals surface area contributed by atoms with Gasteiger partial charge in [-0.05, 0) is 78.9 Å². The fourth-order valence-electron chi connectivity index (χ4n) is 3.96. The number of aliphatic imine (C=N–C) groups is 1. The standard InChI is InChI=1S/C26H23ClN4O/c27-20-5-10-23(11-6-20)32-22-8-2-18(3-9-22)16-29-25-14-19-4-7-21(15-24(19)30-25)31-26(17-28)12-1-13-26/h2-11,15,31H,1,12-14,16H2,(H,29,30). The second kappa shape index (κ2) is 8.57. The number of nitriles is 1. The van der Waals surface area contributed by atoms with Crippen molar-refractivity contribution in [3.8, 4) is 17.6 Å². The fourth-order valence-corrected chi connectivity index (χ4v) is 4.09. The summed E-state index contributed by atoms with van der Waals surface area (Å²) in [6.45, 7) is 0.597. The van der Waals surface area contributed by atoms with E-state index in [1.165, 1.54) is 5.56 Å². The molecule has 2 N–H and O–H groups in total. The highest BCUT2D eigenvalue weighted by molar-refractivity contribution is 6.30. The largest absolute Gasteiger partial charge is 0.457 e. The molecule has 6 heteroatoms. The van der Waals surface area contributed by atoms with Gasteiger partial charge in [-0.2, -0.15) is 5.26 Å². The molecule has 1 aliphatic heterocycles. The molecular weight excluding hydrogens is 420 g/mol. The van der Waals surface area contributed by atoms with Crippen molar-refractivity contribution in [2.75, 3.05) is 10.6 Å². The van der Waals surface area contributed by atoms with E-state index in [1.807, 2.05) is 48.5 Å². The zero-order valence-corrected chi connectivity index (χ0v) is 18.3. The van der Waals surface area contributed by atoms with Crippen molar-refractivity contribution in [2.45, 2.75) is 37.8 Å². The number of benzene rings is 3. The normalized spacial score (nSPS) is 17.1. The molecule has 5 rings (SSSR count). The van der Waals surface area contributed by atoms with Crippen LogP contribution in [-0.2, 0) is 13.0 Å². The molecule has 1 saturated carbocycles. The number of amidine groups is 1. The summed E-state index contributed by atoms with van der Waals surface area (Å²) in [4.78, 5) is 4.76. The molecule has 0 aromatic heterocycles. The van der Waals surface area contributed by atoms with E-state index in [0.717, 1.165) is 60.0 Å². The van der Waals surface area contributed by atoms with Gasteiger partial charge in [-0.15, -0.1) is 0 Å². The van der Waals surface area contributed by atoms with E-state index in [9.17, 15) is 5.26 Å². The van der Waals surface area contributed by atoms with Crippen molar-refractivity contribution in [2.24, 2.45) is 4.99 Å². The van der Waals surface area contributed by atoms with Crippen molar-refractivity contribution in [3.05, 3.63) is 82.9 Å². The van der Waals surface area contributed by atoms with Gasteiger partial charge in [-0.1, -0.05) is 29.8 Å². The molecule has 5 nitrogen and oxygen atoms in total. The highest BCUT2D eigenvalue weighted by Gasteiger charge is 2.37. The summed E-state index contributed by atoms with van der Waals surface area (Å²) in [6.07, 6.45) is 3.71. The maximum Gasteiger partial charge on any atom is 0.127 e. The fraction of sp³-hybridized carbons (Fsp3) is 0.231. The average Bonchev–Trinajstić information content (AvgIpc) is 3.19. The summed E-state index contributed by atoms with van der Waals surface area (Å²) in [5, 5.41) is 17.0. The van der Waals surface area contributed by atoms with Crippen LogP contribution in [0.2, 0.25) is 5.02 Å². The van der Waals surface area contributed by atoms with Gasteiger partial charge in [0.15, 0.2) is 0 Å². The number of rotatable bonds is 6. The van der Waals surface area contributed by atoms with E-state index in [-0.39, 0.29) is 0 Å². The lowest BCUT2D eigenvalue weighted by atomic mass is 9.78. The van der Waals surface area contributed by atoms with Crippen LogP contribution in [0.15, 0.2) is 71.7 Å². The van der Waals surface area contributed by atoms with Crippen molar-refractivity contribution >= 4 is 28.8 Å². The van der Waals surface area contributed by atoms with Gasteiger partial charge in [0.25, 0.3) is 0 Å². The van der Waals surface area contributed by atoms with Crippen LogP contribution in [0.25, 0.3) is 0 Å². The minimum atomic E-state index is -0.396. The molecule has 0 atom stereocenters. The van der Waals surface area contributed by atoms with Crippen LogP contribution < -0.4 is 15.4 Å². The molecule has 0 amide bonds. The number of nitrogens with one attached hydrogen (secondary N) is 2. The average molecular weight is 443 g/mol. The number of ether oxygens (including phenoxy) is 1. The SMILES string of the molecule is N#CC1(Nc2ccc3c(c2)NC(=NCc2ccc(Oc4ccc(Cl)cc4)cc2)C3)CCC1. The zero-order valence-electron chi connectivity index (χ0n) is 17.6. The van der Waals surface area contributed by atoms with Crippen LogP contribution in [0, 0.1) is 11.3 Å². The van der Waals surface area contributed by atoms with Crippen LogP contribution in [0.1, 0.15) is 30.4 Å². The molecule has 2 aliphatic rings. The summed E-state index contributed by atoms with van der Waals surface area (Å²) in [6, 6.07) is 23.9. The molecule has 0 spiro atoms. The number of anilines is 2. The molecule has 1 aliphatic carbocycles.